The van der Waals surface area contributed by atoms with E-state index < -0.39 is 5.97 Å². The minimum Gasteiger partial charge on any atom is -0.497 e. The minimum absolute atomic E-state index is 0.0418. The van der Waals surface area contributed by atoms with Crippen LogP contribution in [-0.4, -0.2) is 49.0 Å². The zero-order valence-electron chi connectivity index (χ0n) is 12.9. The van der Waals surface area contributed by atoms with Crippen molar-refractivity contribution in [2.24, 2.45) is 0 Å². The molecule has 0 aliphatic carbocycles. The highest BCUT2D eigenvalue weighted by atomic mass is 16.5. The molecule has 1 heterocycles. The first-order chi connectivity index (χ1) is 11.1. The quantitative estimate of drug-likeness (QED) is 0.563. The van der Waals surface area contributed by atoms with Crippen LogP contribution in [0.25, 0.3) is 0 Å². The third-order valence-electron chi connectivity index (χ3n) is 3.04. The van der Waals surface area contributed by atoms with Crippen molar-refractivity contribution < 1.29 is 19.1 Å². The number of ether oxygens (including phenoxy) is 2. The zero-order chi connectivity index (χ0) is 16.7. The number of hydrogen-bond acceptors (Lipinski definition) is 7. The van der Waals surface area contributed by atoms with E-state index in [1.165, 1.54) is 0 Å². The van der Waals surface area contributed by atoms with Gasteiger partial charge in [-0.2, -0.15) is 0 Å². The van der Waals surface area contributed by atoms with Gasteiger partial charge in [0.25, 0.3) is 0 Å². The first-order valence-electron chi connectivity index (χ1n) is 6.91. The molecule has 0 unspecified atom stereocenters. The van der Waals surface area contributed by atoms with Crippen LogP contribution in [0.15, 0.2) is 42.7 Å². The number of rotatable bonds is 7. The molecule has 0 bridgehead atoms. The summed E-state index contributed by atoms with van der Waals surface area (Å²) >= 11 is 0. The molecule has 2 aromatic rings. The summed E-state index contributed by atoms with van der Waals surface area (Å²) in [6.45, 7) is -0.353. The third kappa shape index (κ3) is 4.77. The summed E-state index contributed by atoms with van der Waals surface area (Å²) in [5, 5.41) is 0. The Labute approximate surface area is 133 Å². The van der Waals surface area contributed by atoms with E-state index in [1.807, 2.05) is 0 Å². The molecule has 23 heavy (non-hydrogen) atoms. The summed E-state index contributed by atoms with van der Waals surface area (Å²) in [4.78, 5) is 33.3. The standard InChI is InChI=1S/C16H17N3O4/c1-19(16-17-8-3-9-18-16)10-15(21)23-11-14(20)12-4-6-13(22-2)7-5-12/h3-9H,10-11H2,1-2H3. The molecule has 0 amide bonds. The number of likely N-dealkylation sites (N-methyl/N-ethyl adjacent to an activating group) is 1. The van der Waals surface area contributed by atoms with Crippen molar-refractivity contribution >= 4 is 17.7 Å². The Bertz CT molecular complexity index is 659. The maximum atomic E-state index is 11.9. The lowest BCUT2D eigenvalue weighted by Gasteiger charge is -2.15. The number of Topliss-reactive ketones (excluding diaryl/α,β-unsaturated/α-hetero) is 1. The normalized spacial score (nSPS) is 10.0. The van der Waals surface area contributed by atoms with Gasteiger partial charge in [-0.1, -0.05) is 0 Å². The lowest BCUT2D eigenvalue weighted by molar-refractivity contribution is -0.140. The Morgan fingerprint density at radius 3 is 2.39 bits per heavy atom. The summed E-state index contributed by atoms with van der Waals surface area (Å²) in [6.07, 6.45) is 3.16. The van der Waals surface area contributed by atoms with Gasteiger partial charge >= 0.3 is 5.97 Å². The van der Waals surface area contributed by atoms with E-state index >= 15 is 0 Å². The fourth-order valence-corrected chi connectivity index (χ4v) is 1.80. The number of anilines is 1. The maximum Gasteiger partial charge on any atom is 0.326 e. The Balaban J connectivity index is 1.82. The summed E-state index contributed by atoms with van der Waals surface area (Å²) in [5.74, 6) is 0.260. The third-order valence-corrected chi connectivity index (χ3v) is 3.04. The maximum absolute atomic E-state index is 11.9. The van der Waals surface area contributed by atoms with Crippen molar-refractivity contribution in [1.82, 2.24) is 9.97 Å². The Hall–Kier alpha value is -2.96. The number of carbonyl (C=O) groups is 2. The summed E-state index contributed by atoms with van der Waals surface area (Å²) in [7, 11) is 3.22. The Morgan fingerprint density at radius 2 is 1.78 bits per heavy atom. The zero-order valence-corrected chi connectivity index (χ0v) is 12.9. The molecule has 7 heteroatoms. The lowest BCUT2D eigenvalue weighted by Crippen LogP contribution is -2.29. The number of esters is 1. The van der Waals surface area contributed by atoms with E-state index in [2.05, 4.69) is 9.97 Å². The largest absolute Gasteiger partial charge is 0.497 e. The molecule has 1 aromatic heterocycles. The van der Waals surface area contributed by atoms with Crippen LogP contribution in [0.2, 0.25) is 0 Å². The first-order valence-corrected chi connectivity index (χ1v) is 6.91. The second kappa shape index (κ2) is 7.88. The SMILES string of the molecule is COc1ccc(C(=O)COC(=O)CN(C)c2ncccn2)cc1. The Morgan fingerprint density at radius 1 is 1.13 bits per heavy atom. The topological polar surface area (TPSA) is 81.6 Å². The van der Waals surface area contributed by atoms with Crippen molar-refractivity contribution in [3.05, 3.63) is 48.3 Å². The average Bonchev–Trinajstić information content (AvgIpc) is 2.60. The van der Waals surface area contributed by atoms with Gasteiger partial charge < -0.3 is 14.4 Å². The van der Waals surface area contributed by atoms with Crippen LogP contribution in [0.5, 0.6) is 5.75 Å². The highest BCUT2D eigenvalue weighted by molar-refractivity contribution is 5.98. The molecule has 0 aliphatic heterocycles. The molecular weight excluding hydrogens is 298 g/mol. The highest BCUT2D eigenvalue weighted by Gasteiger charge is 2.13. The van der Waals surface area contributed by atoms with Crippen LogP contribution in [0, 0.1) is 0 Å². The first kappa shape index (κ1) is 16.4. The molecule has 7 nitrogen and oxygen atoms in total. The summed E-state index contributed by atoms with van der Waals surface area (Å²) in [5.41, 5.74) is 0.457. The van der Waals surface area contributed by atoms with Gasteiger partial charge in [0.1, 0.15) is 12.3 Å². The number of hydrogen-bond donors (Lipinski definition) is 0. The fraction of sp³-hybridized carbons (Fsp3) is 0.250. The minimum atomic E-state index is -0.526. The van der Waals surface area contributed by atoms with Crippen molar-refractivity contribution in [2.45, 2.75) is 0 Å². The number of carbonyl (C=O) groups excluding carboxylic acids is 2. The average molecular weight is 315 g/mol. The molecule has 0 aliphatic rings. The van der Waals surface area contributed by atoms with E-state index in [0.29, 0.717) is 17.3 Å². The van der Waals surface area contributed by atoms with Gasteiger partial charge in [-0.3, -0.25) is 9.59 Å². The molecular formula is C16H17N3O4. The molecule has 2 rings (SSSR count). The van der Waals surface area contributed by atoms with Gasteiger partial charge in [0.15, 0.2) is 12.4 Å². The van der Waals surface area contributed by atoms with E-state index in [4.69, 9.17) is 9.47 Å². The smallest absolute Gasteiger partial charge is 0.326 e. The van der Waals surface area contributed by atoms with Crippen molar-refractivity contribution in [3.63, 3.8) is 0 Å². The lowest BCUT2D eigenvalue weighted by atomic mass is 10.1. The van der Waals surface area contributed by atoms with Crippen molar-refractivity contribution in [1.29, 1.82) is 0 Å². The van der Waals surface area contributed by atoms with E-state index in [-0.39, 0.29) is 18.9 Å². The molecule has 0 spiro atoms. The molecule has 120 valence electrons. The van der Waals surface area contributed by atoms with Gasteiger partial charge in [-0.25, -0.2) is 9.97 Å². The summed E-state index contributed by atoms with van der Waals surface area (Å²) in [6, 6.07) is 8.28. The molecule has 0 N–H and O–H groups in total. The van der Waals surface area contributed by atoms with Crippen LogP contribution >= 0.6 is 0 Å². The van der Waals surface area contributed by atoms with E-state index in [0.717, 1.165) is 0 Å². The van der Waals surface area contributed by atoms with Crippen molar-refractivity contribution in [2.75, 3.05) is 32.2 Å². The highest BCUT2D eigenvalue weighted by Crippen LogP contribution is 2.11. The number of methoxy groups -OCH3 is 1. The van der Waals surface area contributed by atoms with Crippen LogP contribution < -0.4 is 9.64 Å². The van der Waals surface area contributed by atoms with Gasteiger partial charge in [0.2, 0.25) is 5.95 Å². The van der Waals surface area contributed by atoms with Crippen LogP contribution in [0.1, 0.15) is 10.4 Å². The predicted octanol–water partition coefficient (Wildman–Crippen LogP) is 1.35. The Kier molecular flexibility index (Phi) is 5.62. The van der Waals surface area contributed by atoms with Crippen LogP contribution in [0.4, 0.5) is 5.95 Å². The molecule has 0 radical (unpaired) electrons. The van der Waals surface area contributed by atoms with Crippen LogP contribution in [-0.2, 0) is 9.53 Å². The van der Waals surface area contributed by atoms with Gasteiger partial charge in [-0.05, 0) is 30.3 Å². The molecule has 0 saturated carbocycles. The second-order valence-corrected chi connectivity index (χ2v) is 4.72. The molecule has 0 saturated heterocycles. The van der Waals surface area contributed by atoms with E-state index in [1.54, 1.807) is 61.8 Å². The fourth-order valence-electron chi connectivity index (χ4n) is 1.80. The number of nitrogens with zero attached hydrogens (tertiary/aromatic N) is 3. The van der Waals surface area contributed by atoms with E-state index in [9.17, 15) is 9.59 Å². The number of ketones is 1. The number of aromatic nitrogens is 2. The van der Waals surface area contributed by atoms with Gasteiger partial charge in [-0.15, -0.1) is 0 Å². The number of benzene rings is 1. The molecule has 0 fully saturated rings. The van der Waals surface area contributed by atoms with Crippen LogP contribution in [0.3, 0.4) is 0 Å². The molecule has 0 atom stereocenters. The van der Waals surface area contributed by atoms with Gasteiger partial charge in [0.05, 0.1) is 7.11 Å². The van der Waals surface area contributed by atoms with Gasteiger partial charge in [0, 0.05) is 25.0 Å². The monoisotopic (exact) mass is 315 g/mol. The predicted molar refractivity (Wildman–Crippen MR) is 83.6 cm³/mol. The van der Waals surface area contributed by atoms with Crippen molar-refractivity contribution in [3.8, 4) is 5.75 Å². The molecule has 1 aromatic carbocycles. The summed E-state index contributed by atoms with van der Waals surface area (Å²) < 4.78 is 10.0. The second-order valence-electron chi connectivity index (χ2n) is 4.72.